The van der Waals surface area contributed by atoms with Gasteiger partial charge in [0.1, 0.15) is 11.5 Å². The summed E-state index contributed by atoms with van der Waals surface area (Å²) in [6.45, 7) is 1.31. The number of fused-ring (bicyclic) bond motifs is 1. The Hall–Kier alpha value is -3.85. The van der Waals surface area contributed by atoms with Crippen molar-refractivity contribution in [2.24, 2.45) is 0 Å². The molecule has 1 fully saturated rings. The standard InChI is InChI=1S/C24H22FN5O3/c1-33-19-3-2-10-29(13-19)24(32)15-4-7-18(8-5-15)30-14-22(27-28-30)20-12-16-11-17(25)6-9-21(16)26-23(20)31/h4-9,11-12,14,19H,2-3,10,13H2,1H3,(H,26,31). The monoisotopic (exact) mass is 447 g/mol. The summed E-state index contributed by atoms with van der Waals surface area (Å²) >= 11 is 0. The Kier molecular flexibility index (Phi) is 5.47. The fourth-order valence-corrected chi connectivity index (χ4v) is 4.14. The topological polar surface area (TPSA) is 93.1 Å². The molecule has 0 bridgehead atoms. The van der Waals surface area contributed by atoms with Crippen molar-refractivity contribution in [1.29, 1.82) is 0 Å². The Morgan fingerprint density at radius 2 is 2.00 bits per heavy atom. The van der Waals surface area contributed by atoms with Crippen molar-refractivity contribution in [1.82, 2.24) is 24.9 Å². The maximum Gasteiger partial charge on any atom is 0.258 e. The van der Waals surface area contributed by atoms with E-state index >= 15 is 0 Å². The van der Waals surface area contributed by atoms with Crippen LogP contribution in [-0.4, -0.2) is 57.1 Å². The zero-order chi connectivity index (χ0) is 22.9. The van der Waals surface area contributed by atoms with Crippen molar-refractivity contribution < 1.29 is 13.9 Å². The summed E-state index contributed by atoms with van der Waals surface area (Å²) in [7, 11) is 1.67. The van der Waals surface area contributed by atoms with Gasteiger partial charge in [-0.05, 0) is 61.4 Å². The van der Waals surface area contributed by atoms with Gasteiger partial charge in [-0.3, -0.25) is 9.59 Å². The van der Waals surface area contributed by atoms with Gasteiger partial charge in [-0.15, -0.1) is 5.10 Å². The first kappa shape index (κ1) is 21.0. The van der Waals surface area contributed by atoms with Gasteiger partial charge in [-0.1, -0.05) is 5.21 Å². The Morgan fingerprint density at radius 1 is 1.18 bits per heavy atom. The average molecular weight is 447 g/mol. The number of hydrogen-bond acceptors (Lipinski definition) is 5. The highest BCUT2D eigenvalue weighted by atomic mass is 19.1. The SMILES string of the molecule is COC1CCCN(C(=O)c2ccc(-n3cc(-c4cc5cc(F)ccc5[nH]c4=O)nn3)cc2)C1. The Bertz CT molecular complexity index is 1380. The van der Waals surface area contributed by atoms with Gasteiger partial charge in [0, 0.05) is 36.7 Å². The van der Waals surface area contributed by atoms with Gasteiger partial charge in [0.25, 0.3) is 11.5 Å². The lowest BCUT2D eigenvalue weighted by Crippen LogP contribution is -2.42. The van der Waals surface area contributed by atoms with Gasteiger partial charge in [0.15, 0.2) is 0 Å². The van der Waals surface area contributed by atoms with Crippen molar-refractivity contribution >= 4 is 16.8 Å². The molecule has 9 heteroatoms. The van der Waals surface area contributed by atoms with Gasteiger partial charge in [0.05, 0.1) is 23.6 Å². The first-order valence-electron chi connectivity index (χ1n) is 10.7. The summed E-state index contributed by atoms with van der Waals surface area (Å²) in [5.74, 6) is -0.418. The lowest BCUT2D eigenvalue weighted by atomic mass is 10.1. The minimum absolute atomic E-state index is 0.0301. The highest BCUT2D eigenvalue weighted by Gasteiger charge is 2.24. The molecule has 0 spiro atoms. The first-order valence-corrected chi connectivity index (χ1v) is 10.7. The maximum absolute atomic E-state index is 13.6. The number of aromatic amines is 1. The molecule has 8 nitrogen and oxygen atoms in total. The Balaban J connectivity index is 1.38. The van der Waals surface area contributed by atoms with Gasteiger partial charge in [-0.25, -0.2) is 9.07 Å². The predicted molar refractivity (Wildman–Crippen MR) is 121 cm³/mol. The number of piperidine rings is 1. The molecule has 33 heavy (non-hydrogen) atoms. The molecule has 2 aromatic heterocycles. The van der Waals surface area contributed by atoms with E-state index in [1.165, 1.54) is 22.9 Å². The number of carbonyl (C=O) groups excluding carboxylic acids is 1. The number of pyridine rings is 1. The number of hydrogen-bond donors (Lipinski definition) is 1. The Morgan fingerprint density at radius 3 is 2.79 bits per heavy atom. The number of methoxy groups -OCH3 is 1. The smallest absolute Gasteiger partial charge is 0.258 e. The molecular weight excluding hydrogens is 425 g/mol. The Labute approximate surface area is 188 Å². The van der Waals surface area contributed by atoms with E-state index in [9.17, 15) is 14.0 Å². The normalized spacial score (nSPS) is 16.3. The molecule has 1 N–H and O–H groups in total. The summed E-state index contributed by atoms with van der Waals surface area (Å²) in [6.07, 6.45) is 3.58. The molecule has 1 saturated heterocycles. The van der Waals surface area contributed by atoms with Crippen LogP contribution in [0.3, 0.4) is 0 Å². The van der Waals surface area contributed by atoms with E-state index < -0.39 is 0 Å². The molecule has 1 unspecified atom stereocenters. The van der Waals surface area contributed by atoms with Crippen LogP contribution in [0.1, 0.15) is 23.2 Å². The number of rotatable bonds is 4. The average Bonchev–Trinajstić information content (AvgIpc) is 3.33. The fraction of sp³-hybridized carbons (Fsp3) is 0.250. The molecule has 2 aromatic carbocycles. The summed E-state index contributed by atoms with van der Waals surface area (Å²) < 4.78 is 20.5. The molecule has 1 atom stereocenters. The third-order valence-electron chi connectivity index (χ3n) is 5.95. The molecule has 1 aliphatic heterocycles. The van der Waals surface area contributed by atoms with Crippen molar-refractivity contribution in [3.63, 3.8) is 0 Å². The van der Waals surface area contributed by atoms with E-state index in [2.05, 4.69) is 15.3 Å². The van der Waals surface area contributed by atoms with E-state index in [-0.39, 0.29) is 23.4 Å². The number of carbonyl (C=O) groups is 1. The maximum atomic E-state index is 13.6. The second-order valence-corrected chi connectivity index (χ2v) is 8.09. The number of nitrogens with one attached hydrogen (secondary N) is 1. The predicted octanol–water partition coefficient (Wildman–Crippen LogP) is 3.17. The second-order valence-electron chi connectivity index (χ2n) is 8.09. The van der Waals surface area contributed by atoms with Gasteiger partial charge >= 0.3 is 0 Å². The van der Waals surface area contributed by atoms with Crippen molar-refractivity contribution in [3.05, 3.63) is 76.5 Å². The summed E-state index contributed by atoms with van der Waals surface area (Å²) in [6, 6.07) is 12.8. The van der Waals surface area contributed by atoms with Crippen LogP contribution in [0.2, 0.25) is 0 Å². The van der Waals surface area contributed by atoms with Crippen LogP contribution in [0, 0.1) is 5.82 Å². The molecule has 0 aliphatic carbocycles. The minimum atomic E-state index is -0.388. The highest BCUT2D eigenvalue weighted by Crippen LogP contribution is 2.21. The van der Waals surface area contributed by atoms with Crippen LogP contribution in [-0.2, 0) is 4.74 Å². The number of aromatic nitrogens is 4. The number of halogens is 1. The fourth-order valence-electron chi connectivity index (χ4n) is 4.14. The van der Waals surface area contributed by atoms with Gasteiger partial charge < -0.3 is 14.6 Å². The van der Waals surface area contributed by atoms with Crippen molar-refractivity contribution in [2.75, 3.05) is 20.2 Å². The molecule has 1 amide bonds. The van der Waals surface area contributed by atoms with Gasteiger partial charge in [0.2, 0.25) is 0 Å². The largest absolute Gasteiger partial charge is 0.380 e. The van der Waals surface area contributed by atoms with Crippen molar-refractivity contribution in [2.45, 2.75) is 18.9 Å². The highest BCUT2D eigenvalue weighted by molar-refractivity contribution is 5.94. The minimum Gasteiger partial charge on any atom is -0.380 e. The number of nitrogens with zero attached hydrogens (tertiary/aromatic N) is 4. The van der Waals surface area contributed by atoms with Crippen LogP contribution < -0.4 is 5.56 Å². The molecule has 0 radical (unpaired) electrons. The van der Waals surface area contributed by atoms with E-state index in [4.69, 9.17) is 4.74 Å². The van der Waals surface area contributed by atoms with Gasteiger partial charge in [-0.2, -0.15) is 0 Å². The molecule has 0 saturated carbocycles. The molecule has 3 heterocycles. The summed E-state index contributed by atoms with van der Waals surface area (Å²) in [4.78, 5) is 29.9. The summed E-state index contributed by atoms with van der Waals surface area (Å²) in [5, 5.41) is 8.79. The zero-order valence-corrected chi connectivity index (χ0v) is 18.0. The van der Waals surface area contributed by atoms with E-state index in [0.29, 0.717) is 40.0 Å². The van der Waals surface area contributed by atoms with Crippen LogP contribution in [0.15, 0.2) is 59.5 Å². The van der Waals surface area contributed by atoms with Crippen LogP contribution in [0.5, 0.6) is 0 Å². The third-order valence-corrected chi connectivity index (χ3v) is 5.95. The molecule has 5 rings (SSSR count). The second kappa shape index (κ2) is 8.59. The number of H-pyrrole nitrogens is 1. The van der Waals surface area contributed by atoms with E-state index in [1.807, 2.05) is 4.90 Å². The lowest BCUT2D eigenvalue weighted by molar-refractivity contribution is 0.0269. The van der Waals surface area contributed by atoms with Crippen LogP contribution in [0.4, 0.5) is 4.39 Å². The number of benzene rings is 2. The number of likely N-dealkylation sites (tertiary alicyclic amines) is 1. The molecular formula is C24H22FN5O3. The van der Waals surface area contributed by atoms with E-state index in [1.54, 1.807) is 43.6 Å². The third kappa shape index (κ3) is 4.14. The van der Waals surface area contributed by atoms with Crippen LogP contribution >= 0.6 is 0 Å². The molecule has 1 aliphatic rings. The number of ether oxygens (including phenoxy) is 1. The van der Waals surface area contributed by atoms with E-state index in [0.717, 1.165) is 19.4 Å². The number of amides is 1. The molecule has 4 aromatic rings. The zero-order valence-electron chi connectivity index (χ0n) is 18.0. The summed E-state index contributed by atoms with van der Waals surface area (Å²) in [5.41, 5.74) is 2.15. The lowest BCUT2D eigenvalue weighted by Gasteiger charge is -2.32. The van der Waals surface area contributed by atoms with Crippen molar-refractivity contribution in [3.8, 4) is 16.9 Å². The quantitative estimate of drug-likeness (QED) is 0.519. The first-order chi connectivity index (χ1) is 16.0. The van der Waals surface area contributed by atoms with Crippen LogP contribution in [0.25, 0.3) is 27.8 Å². The molecule has 168 valence electrons.